The zero-order chi connectivity index (χ0) is 15.9. The van der Waals surface area contributed by atoms with Crippen LogP contribution in [0.5, 0.6) is 0 Å². The number of benzene rings is 1. The average Bonchev–Trinajstić information content (AvgIpc) is 2.41. The first kappa shape index (κ1) is 17.0. The number of hydrogen-bond acceptors (Lipinski definition) is 2. The van der Waals surface area contributed by atoms with Crippen LogP contribution in [0, 0.1) is 6.92 Å². The monoisotopic (exact) mass is 302 g/mol. The highest BCUT2D eigenvalue weighted by molar-refractivity contribution is 5.81. The van der Waals surface area contributed by atoms with Gasteiger partial charge in [0.15, 0.2) is 0 Å². The highest BCUT2D eigenvalue weighted by atomic mass is 19.4. The maximum Gasteiger partial charge on any atom is 0.471 e. The Morgan fingerprint density at radius 1 is 1.05 bits per heavy atom. The van der Waals surface area contributed by atoms with Gasteiger partial charge in [-0.25, -0.2) is 0 Å². The highest BCUT2D eigenvalue weighted by Gasteiger charge is 2.38. The van der Waals surface area contributed by atoms with Gasteiger partial charge in [0.2, 0.25) is 5.91 Å². The van der Waals surface area contributed by atoms with Gasteiger partial charge in [-0.1, -0.05) is 29.8 Å². The Morgan fingerprint density at radius 2 is 1.62 bits per heavy atom. The minimum Gasteiger partial charge on any atom is -0.354 e. The normalized spacial score (nSPS) is 11.0. The Kier molecular flexibility index (Phi) is 6.20. The molecule has 0 heterocycles. The number of rotatable bonds is 6. The molecule has 1 rings (SSSR count). The number of hydrogen-bond donors (Lipinski definition) is 2. The van der Waals surface area contributed by atoms with E-state index in [2.05, 4.69) is 5.32 Å². The summed E-state index contributed by atoms with van der Waals surface area (Å²) in [5.74, 6) is -2.27. The molecule has 1 aromatic rings. The summed E-state index contributed by atoms with van der Waals surface area (Å²) < 4.78 is 35.6. The van der Waals surface area contributed by atoms with E-state index in [1.54, 1.807) is 5.32 Å². The first-order chi connectivity index (χ1) is 9.79. The summed E-state index contributed by atoms with van der Waals surface area (Å²) in [5.41, 5.74) is 2.14. The van der Waals surface area contributed by atoms with Gasteiger partial charge in [-0.2, -0.15) is 13.2 Å². The molecule has 21 heavy (non-hydrogen) atoms. The lowest BCUT2D eigenvalue weighted by atomic mass is 10.1. The number of halogens is 3. The van der Waals surface area contributed by atoms with Gasteiger partial charge in [0.05, 0.1) is 0 Å². The molecule has 0 unspecified atom stereocenters. The summed E-state index contributed by atoms with van der Waals surface area (Å²) in [6.45, 7) is 1.68. The lowest BCUT2D eigenvalue weighted by molar-refractivity contribution is -0.173. The van der Waals surface area contributed by atoms with Gasteiger partial charge in [0.25, 0.3) is 0 Å². The molecule has 2 N–H and O–H groups in total. The molecule has 0 radical (unpaired) electrons. The molecule has 116 valence electrons. The highest BCUT2D eigenvalue weighted by Crippen LogP contribution is 2.13. The van der Waals surface area contributed by atoms with Crippen molar-refractivity contribution in [3.63, 3.8) is 0 Å². The third kappa shape index (κ3) is 6.78. The van der Waals surface area contributed by atoms with Crippen molar-refractivity contribution in [3.05, 3.63) is 35.4 Å². The quantitative estimate of drug-likeness (QED) is 0.786. The van der Waals surface area contributed by atoms with E-state index in [1.807, 2.05) is 31.2 Å². The molecule has 7 heteroatoms. The molecule has 0 saturated carbocycles. The summed E-state index contributed by atoms with van der Waals surface area (Å²) in [5, 5.41) is 4.13. The first-order valence-electron chi connectivity index (χ1n) is 6.46. The van der Waals surface area contributed by atoms with Gasteiger partial charge < -0.3 is 10.6 Å². The van der Waals surface area contributed by atoms with Crippen molar-refractivity contribution in [2.24, 2.45) is 0 Å². The van der Waals surface area contributed by atoms with Gasteiger partial charge in [0.1, 0.15) is 0 Å². The van der Waals surface area contributed by atoms with E-state index >= 15 is 0 Å². The predicted octanol–water partition coefficient (Wildman–Crippen LogP) is 1.72. The lowest BCUT2D eigenvalue weighted by Crippen LogP contribution is -2.41. The Balaban J connectivity index is 2.17. The van der Waals surface area contributed by atoms with Crippen LogP contribution in [0.2, 0.25) is 0 Å². The SMILES string of the molecule is Cc1ccc(CCC(=O)NCCNC(=O)C(F)(F)F)cc1. The molecule has 0 aliphatic rings. The zero-order valence-corrected chi connectivity index (χ0v) is 11.6. The number of carbonyl (C=O) groups excluding carboxylic acids is 2. The van der Waals surface area contributed by atoms with Gasteiger partial charge in [-0.3, -0.25) is 9.59 Å². The fourth-order valence-corrected chi connectivity index (χ4v) is 1.58. The van der Waals surface area contributed by atoms with Gasteiger partial charge in [0, 0.05) is 19.5 Å². The first-order valence-corrected chi connectivity index (χ1v) is 6.46. The van der Waals surface area contributed by atoms with Crippen LogP contribution in [-0.4, -0.2) is 31.1 Å². The van der Waals surface area contributed by atoms with Crippen LogP contribution >= 0.6 is 0 Å². The van der Waals surface area contributed by atoms with E-state index in [0.717, 1.165) is 11.1 Å². The number of alkyl halides is 3. The Bertz CT molecular complexity index is 484. The smallest absolute Gasteiger partial charge is 0.354 e. The summed E-state index contributed by atoms with van der Waals surface area (Å²) in [7, 11) is 0. The number of aryl methyl sites for hydroxylation is 2. The van der Waals surface area contributed by atoms with E-state index < -0.39 is 12.1 Å². The van der Waals surface area contributed by atoms with Crippen LogP contribution in [0.1, 0.15) is 17.5 Å². The average molecular weight is 302 g/mol. The van der Waals surface area contributed by atoms with Crippen molar-refractivity contribution in [1.29, 1.82) is 0 Å². The van der Waals surface area contributed by atoms with Crippen molar-refractivity contribution in [2.45, 2.75) is 25.9 Å². The molecular weight excluding hydrogens is 285 g/mol. The fraction of sp³-hybridized carbons (Fsp3) is 0.429. The maximum absolute atomic E-state index is 11.9. The molecule has 0 spiro atoms. The minimum absolute atomic E-state index is 0.0332. The standard InChI is InChI=1S/C14H17F3N2O2/c1-10-2-4-11(5-3-10)6-7-12(20)18-8-9-19-13(21)14(15,16)17/h2-5H,6-9H2,1H3,(H,18,20)(H,19,21). The van der Waals surface area contributed by atoms with Crippen molar-refractivity contribution >= 4 is 11.8 Å². The van der Waals surface area contributed by atoms with Crippen LogP contribution in [0.3, 0.4) is 0 Å². The molecule has 0 atom stereocenters. The third-order valence-corrected chi connectivity index (χ3v) is 2.75. The van der Waals surface area contributed by atoms with E-state index in [1.165, 1.54) is 0 Å². The van der Waals surface area contributed by atoms with Crippen molar-refractivity contribution in [2.75, 3.05) is 13.1 Å². The van der Waals surface area contributed by atoms with E-state index in [4.69, 9.17) is 0 Å². The van der Waals surface area contributed by atoms with Crippen LogP contribution in [0.4, 0.5) is 13.2 Å². The number of carbonyl (C=O) groups is 2. The topological polar surface area (TPSA) is 58.2 Å². The lowest BCUT2D eigenvalue weighted by Gasteiger charge is -2.09. The predicted molar refractivity (Wildman–Crippen MR) is 71.6 cm³/mol. The third-order valence-electron chi connectivity index (χ3n) is 2.75. The summed E-state index contributed by atoms with van der Waals surface area (Å²) >= 11 is 0. The number of nitrogens with one attached hydrogen (secondary N) is 2. The van der Waals surface area contributed by atoms with Crippen LogP contribution in [0.15, 0.2) is 24.3 Å². The van der Waals surface area contributed by atoms with Crippen molar-refractivity contribution in [3.8, 4) is 0 Å². The van der Waals surface area contributed by atoms with E-state index in [9.17, 15) is 22.8 Å². The van der Waals surface area contributed by atoms with Crippen LogP contribution < -0.4 is 10.6 Å². The van der Waals surface area contributed by atoms with Crippen molar-refractivity contribution < 1.29 is 22.8 Å². The molecule has 0 aromatic heterocycles. The Morgan fingerprint density at radius 3 is 2.19 bits per heavy atom. The van der Waals surface area contributed by atoms with Gasteiger partial charge in [-0.05, 0) is 18.9 Å². The Labute approximate surface area is 120 Å². The minimum atomic E-state index is -4.89. The molecule has 1 aromatic carbocycles. The molecule has 0 saturated heterocycles. The summed E-state index contributed by atoms with van der Waals surface area (Å²) in [6.07, 6.45) is -4.09. The van der Waals surface area contributed by atoms with E-state index in [-0.39, 0.29) is 25.4 Å². The molecule has 0 bridgehead atoms. The zero-order valence-electron chi connectivity index (χ0n) is 11.6. The van der Waals surface area contributed by atoms with Crippen molar-refractivity contribution in [1.82, 2.24) is 10.6 Å². The van der Waals surface area contributed by atoms with Crippen LogP contribution in [-0.2, 0) is 16.0 Å². The molecule has 2 amide bonds. The van der Waals surface area contributed by atoms with Gasteiger partial charge >= 0.3 is 12.1 Å². The molecule has 0 aliphatic heterocycles. The fourth-order valence-electron chi connectivity index (χ4n) is 1.58. The molecule has 4 nitrogen and oxygen atoms in total. The van der Waals surface area contributed by atoms with E-state index in [0.29, 0.717) is 6.42 Å². The molecule has 0 fully saturated rings. The Hall–Kier alpha value is -2.05. The second kappa shape index (κ2) is 7.66. The second-order valence-corrected chi connectivity index (χ2v) is 4.59. The largest absolute Gasteiger partial charge is 0.471 e. The van der Waals surface area contributed by atoms with Gasteiger partial charge in [-0.15, -0.1) is 0 Å². The summed E-state index contributed by atoms with van der Waals surface area (Å²) in [6, 6.07) is 7.73. The molecular formula is C14H17F3N2O2. The maximum atomic E-state index is 11.9. The van der Waals surface area contributed by atoms with Crippen LogP contribution in [0.25, 0.3) is 0 Å². The summed E-state index contributed by atoms with van der Waals surface area (Å²) in [4.78, 5) is 22.0. The molecule has 0 aliphatic carbocycles. The number of amides is 2. The second-order valence-electron chi connectivity index (χ2n) is 4.59.